The molecule has 2 amide bonds. The Labute approximate surface area is 167 Å². The van der Waals surface area contributed by atoms with Crippen LogP contribution in [0, 0.1) is 6.92 Å². The van der Waals surface area contributed by atoms with Gasteiger partial charge in [0.25, 0.3) is 0 Å². The summed E-state index contributed by atoms with van der Waals surface area (Å²) in [7, 11) is 0. The summed E-state index contributed by atoms with van der Waals surface area (Å²) in [5.74, 6) is -0.386. The first-order chi connectivity index (χ1) is 13.6. The predicted molar refractivity (Wildman–Crippen MR) is 114 cm³/mol. The van der Waals surface area contributed by atoms with Gasteiger partial charge in [-0.25, -0.2) is 4.99 Å². The maximum absolute atomic E-state index is 13.0. The molecule has 4 rings (SSSR count). The van der Waals surface area contributed by atoms with E-state index in [0.29, 0.717) is 17.1 Å². The fourth-order valence-electron chi connectivity index (χ4n) is 3.08. The Morgan fingerprint density at radius 1 is 1.11 bits per heavy atom. The normalized spacial score (nSPS) is 13.5. The van der Waals surface area contributed by atoms with E-state index in [1.165, 1.54) is 4.90 Å². The van der Waals surface area contributed by atoms with Gasteiger partial charge in [-0.3, -0.25) is 9.59 Å². The molecule has 0 atom stereocenters. The Bertz CT molecular complexity index is 1040. The number of anilines is 2. The summed E-state index contributed by atoms with van der Waals surface area (Å²) in [4.78, 5) is 32.8. The number of thiophene rings is 1. The van der Waals surface area contributed by atoms with Gasteiger partial charge in [0.2, 0.25) is 11.8 Å². The predicted octanol–water partition coefficient (Wildman–Crippen LogP) is 4.55. The van der Waals surface area contributed by atoms with Crippen LogP contribution in [0.2, 0.25) is 0 Å². The number of aryl methyl sites for hydroxylation is 1. The van der Waals surface area contributed by atoms with Crippen LogP contribution < -0.4 is 10.2 Å². The van der Waals surface area contributed by atoms with E-state index < -0.39 is 0 Å². The number of amides is 2. The van der Waals surface area contributed by atoms with E-state index in [1.54, 1.807) is 11.3 Å². The van der Waals surface area contributed by atoms with Crippen molar-refractivity contribution in [2.24, 2.45) is 4.99 Å². The number of benzene rings is 2. The van der Waals surface area contributed by atoms with Crippen molar-refractivity contribution in [2.75, 3.05) is 16.8 Å². The summed E-state index contributed by atoms with van der Waals surface area (Å²) in [6, 6.07) is 18.9. The minimum atomic E-state index is -0.244. The van der Waals surface area contributed by atoms with Crippen molar-refractivity contribution in [1.82, 2.24) is 0 Å². The average Bonchev–Trinajstić information content (AvgIpc) is 3.18. The maximum atomic E-state index is 13.0. The molecule has 5 nitrogen and oxygen atoms in total. The van der Waals surface area contributed by atoms with Crippen LogP contribution >= 0.6 is 11.3 Å². The molecule has 0 radical (unpaired) electrons. The van der Waals surface area contributed by atoms with Gasteiger partial charge in [0.15, 0.2) is 0 Å². The minimum Gasteiger partial charge on any atom is -0.325 e. The second kappa shape index (κ2) is 7.78. The largest absolute Gasteiger partial charge is 0.325 e. The van der Waals surface area contributed by atoms with Gasteiger partial charge in [-0.05, 0) is 42.6 Å². The first kappa shape index (κ1) is 18.1. The van der Waals surface area contributed by atoms with Crippen LogP contribution in [0.25, 0.3) is 0 Å². The highest BCUT2D eigenvalue weighted by atomic mass is 32.1. The van der Waals surface area contributed by atoms with Crippen LogP contribution in [0.4, 0.5) is 17.1 Å². The number of fused-ring (bicyclic) bond motifs is 1. The molecular weight excluding hydrogens is 370 g/mol. The summed E-state index contributed by atoms with van der Waals surface area (Å²) >= 11 is 1.55. The Balaban J connectivity index is 1.59. The molecule has 28 heavy (non-hydrogen) atoms. The highest BCUT2D eigenvalue weighted by Crippen LogP contribution is 2.33. The third-order valence-electron chi connectivity index (χ3n) is 4.49. The van der Waals surface area contributed by atoms with Gasteiger partial charge in [0.1, 0.15) is 6.54 Å². The van der Waals surface area contributed by atoms with Crippen molar-refractivity contribution in [2.45, 2.75) is 13.3 Å². The zero-order chi connectivity index (χ0) is 19.5. The number of hydrogen-bond donors (Lipinski definition) is 1. The lowest BCUT2D eigenvalue weighted by Crippen LogP contribution is -2.38. The third-order valence-corrected chi connectivity index (χ3v) is 5.41. The van der Waals surface area contributed by atoms with Crippen LogP contribution in [0.5, 0.6) is 0 Å². The summed E-state index contributed by atoms with van der Waals surface area (Å²) in [6.45, 7) is 1.93. The molecule has 1 N–H and O–H groups in total. The number of aliphatic imine (C=N–C) groups is 1. The van der Waals surface area contributed by atoms with Gasteiger partial charge in [0.05, 0.1) is 23.5 Å². The van der Waals surface area contributed by atoms with Gasteiger partial charge in [-0.15, -0.1) is 11.3 Å². The van der Waals surface area contributed by atoms with Crippen molar-refractivity contribution in [1.29, 1.82) is 0 Å². The summed E-state index contributed by atoms with van der Waals surface area (Å²) in [5.41, 5.74) is 3.90. The highest BCUT2D eigenvalue weighted by molar-refractivity contribution is 7.12. The quantitative estimate of drug-likeness (QED) is 0.711. The topological polar surface area (TPSA) is 61.8 Å². The number of carbonyl (C=O) groups excluding carboxylic acids is 2. The van der Waals surface area contributed by atoms with E-state index in [1.807, 2.05) is 73.0 Å². The molecule has 1 aliphatic heterocycles. The second-order valence-corrected chi connectivity index (χ2v) is 7.54. The van der Waals surface area contributed by atoms with Gasteiger partial charge in [-0.2, -0.15) is 0 Å². The number of hydrogen-bond acceptors (Lipinski definition) is 4. The Morgan fingerprint density at radius 2 is 1.89 bits per heavy atom. The molecule has 0 bridgehead atoms. The fraction of sp³-hybridized carbons (Fsp3) is 0.136. The zero-order valence-electron chi connectivity index (χ0n) is 15.4. The van der Waals surface area contributed by atoms with Crippen molar-refractivity contribution in [3.8, 4) is 0 Å². The van der Waals surface area contributed by atoms with E-state index in [4.69, 9.17) is 4.99 Å². The molecule has 1 aromatic heterocycles. The zero-order valence-corrected chi connectivity index (χ0v) is 16.2. The monoisotopic (exact) mass is 389 g/mol. The minimum absolute atomic E-state index is 0.0586. The lowest BCUT2D eigenvalue weighted by Gasteiger charge is -2.21. The molecule has 2 aromatic carbocycles. The Morgan fingerprint density at radius 3 is 2.64 bits per heavy atom. The van der Waals surface area contributed by atoms with Gasteiger partial charge < -0.3 is 10.2 Å². The van der Waals surface area contributed by atoms with Crippen LogP contribution in [0.15, 0.2) is 71.0 Å². The molecule has 0 unspecified atom stereocenters. The first-order valence-corrected chi connectivity index (χ1v) is 9.85. The number of carbonyl (C=O) groups is 2. The molecule has 0 aliphatic carbocycles. The Hall–Kier alpha value is -3.25. The van der Waals surface area contributed by atoms with Crippen molar-refractivity contribution in [3.05, 3.63) is 76.5 Å². The van der Waals surface area contributed by atoms with Crippen LogP contribution in [-0.4, -0.2) is 24.1 Å². The van der Waals surface area contributed by atoms with Gasteiger partial charge >= 0.3 is 0 Å². The van der Waals surface area contributed by atoms with E-state index in [0.717, 1.165) is 16.2 Å². The molecule has 3 aromatic rings. The molecule has 0 fully saturated rings. The lowest BCUT2D eigenvalue weighted by atomic mass is 10.2. The molecule has 2 heterocycles. The highest BCUT2D eigenvalue weighted by Gasteiger charge is 2.26. The van der Waals surface area contributed by atoms with Crippen LogP contribution in [0.1, 0.15) is 16.9 Å². The summed E-state index contributed by atoms with van der Waals surface area (Å²) in [5, 5.41) is 4.82. The molecule has 0 saturated heterocycles. The van der Waals surface area contributed by atoms with Crippen LogP contribution in [0.3, 0.4) is 0 Å². The Kier molecular flexibility index (Phi) is 5.04. The number of nitrogens with one attached hydrogen (secondary N) is 1. The lowest BCUT2D eigenvalue weighted by molar-refractivity contribution is -0.120. The molecule has 6 heteroatoms. The summed E-state index contributed by atoms with van der Waals surface area (Å²) in [6.07, 6.45) is 0.160. The maximum Gasteiger partial charge on any atom is 0.244 e. The smallest absolute Gasteiger partial charge is 0.244 e. The van der Waals surface area contributed by atoms with E-state index in [9.17, 15) is 9.59 Å². The molecule has 1 aliphatic rings. The third kappa shape index (κ3) is 3.87. The molecule has 140 valence electrons. The van der Waals surface area contributed by atoms with Gasteiger partial charge in [-0.1, -0.05) is 35.9 Å². The number of para-hydroxylation sites is 2. The molecule has 0 saturated carbocycles. The van der Waals surface area contributed by atoms with Crippen molar-refractivity contribution in [3.63, 3.8) is 0 Å². The fourth-order valence-corrected chi connectivity index (χ4v) is 3.80. The average molecular weight is 389 g/mol. The number of rotatable bonds is 4. The molecular formula is C22H19N3O2S. The SMILES string of the molecule is Cc1ccc(NC(=O)CN2C(=O)CC(c3cccs3)=Nc3ccccc32)cc1. The van der Waals surface area contributed by atoms with Crippen LogP contribution in [-0.2, 0) is 9.59 Å². The van der Waals surface area contributed by atoms with E-state index in [2.05, 4.69) is 5.32 Å². The number of nitrogens with zero attached hydrogens (tertiary/aromatic N) is 2. The van der Waals surface area contributed by atoms with Crippen molar-refractivity contribution < 1.29 is 9.59 Å². The standard InChI is InChI=1S/C22H19N3O2S/c1-15-8-10-16(11-9-15)23-21(26)14-25-19-6-3-2-5-17(19)24-18(13-22(25)27)20-7-4-12-28-20/h2-12H,13-14H2,1H3,(H,23,26). The second-order valence-electron chi connectivity index (χ2n) is 6.60. The van der Waals surface area contributed by atoms with Gasteiger partial charge in [0, 0.05) is 10.6 Å². The van der Waals surface area contributed by atoms with Crippen molar-refractivity contribution >= 4 is 45.9 Å². The molecule has 0 spiro atoms. The van der Waals surface area contributed by atoms with E-state index >= 15 is 0 Å². The first-order valence-electron chi connectivity index (χ1n) is 8.97. The summed E-state index contributed by atoms with van der Waals surface area (Å²) < 4.78 is 0. The van der Waals surface area contributed by atoms with E-state index in [-0.39, 0.29) is 24.8 Å².